The molecule has 0 saturated carbocycles. The molecule has 1 unspecified atom stereocenters. The standard InChI is InChI=1S/C16H31N3O3/c1-4-14(15-7-10-18(3)11-8-15)6-5-9-19(13(2)20)22-12-16(17)21/h14-15H,4-12H2,1-3H3,(H2,17,21). The largest absolute Gasteiger partial charge is 0.368 e. The molecule has 0 aromatic carbocycles. The number of rotatable bonds is 9. The van der Waals surface area contributed by atoms with Crippen LogP contribution in [0.4, 0.5) is 0 Å². The third-order valence-electron chi connectivity index (χ3n) is 4.60. The van der Waals surface area contributed by atoms with Crippen LogP contribution in [0.25, 0.3) is 0 Å². The Hall–Kier alpha value is -1.14. The van der Waals surface area contributed by atoms with Crippen molar-refractivity contribution in [1.29, 1.82) is 0 Å². The minimum Gasteiger partial charge on any atom is -0.368 e. The number of hydrogen-bond acceptors (Lipinski definition) is 4. The van der Waals surface area contributed by atoms with Crippen LogP contribution in [0.5, 0.6) is 0 Å². The van der Waals surface area contributed by atoms with E-state index in [0.29, 0.717) is 12.5 Å². The lowest BCUT2D eigenvalue weighted by Crippen LogP contribution is -2.35. The van der Waals surface area contributed by atoms with E-state index < -0.39 is 5.91 Å². The van der Waals surface area contributed by atoms with Crippen LogP contribution in [-0.2, 0) is 14.4 Å². The minimum absolute atomic E-state index is 0.186. The van der Waals surface area contributed by atoms with Crippen LogP contribution in [0.3, 0.4) is 0 Å². The van der Waals surface area contributed by atoms with Gasteiger partial charge in [0.05, 0.1) is 0 Å². The summed E-state index contributed by atoms with van der Waals surface area (Å²) in [6.45, 7) is 6.33. The van der Waals surface area contributed by atoms with Crippen molar-refractivity contribution >= 4 is 11.8 Å². The Morgan fingerprint density at radius 3 is 2.50 bits per heavy atom. The zero-order valence-corrected chi connectivity index (χ0v) is 14.2. The van der Waals surface area contributed by atoms with E-state index in [2.05, 4.69) is 18.9 Å². The Bertz CT molecular complexity index is 355. The van der Waals surface area contributed by atoms with Gasteiger partial charge in [-0.3, -0.25) is 14.4 Å². The zero-order valence-electron chi connectivity index (χ0n) is 14.2. The molecule has 0 radical (unpaired) electrons. The van der Waals surface area contributed by atoms with Crippen LogP contribution in [0.15, 0.2) is 0 Å². The fourth-order valence-corrected chi connectivity index (χ4v) is 3.22. The van der Waals surface area contributed by atoms with E-state index in [1.807, 2.05) is 0 Å². The number of hydrogen-bond donors (Lipinski definition) is 1. The van der Waals surface area contributed by atoms with Crippen LogP contribution in [0, 0.1) is 11.8 Å². The van der Waals surface area contributed by atoms with Crippen molar-refractivity contribution in [3.8, 4) is 0 Å². The monoisotopic (exact) mass is 313 g/mol. The molecule has 2 amide bonds. The smallest absolute Gasteiger partial charge is 0.246 e. The molecule has 6 heteroatoms. The Morgan fingerprint density at radius 1 is 1.36 bits per heavy atom. The van der Waals surface area contributed by atoms with Gasteiger partial charge in [0.15, 0.2) is 6.61 Å². The van der Waals surface area contributed by atoms with Crippen molar-refractivity contribution in [1.82, 2.24) is 9.96 Å². The van der Waals surface area contributed by atoms with E-state index in [4.69, 9.17) is 10.6 Å². The van der Waals surface area contributed by atoms with Crippen LogP contribution in [0.2, 0.25) is 0 Å². The first-order valence-electron chi connectivity index (χ1n) is 8.31. The highest BCUT2D eigenvalue weighted by molar-refractivity contribution is 5.76. The highest BCUT2D eigenvalue weighted by Gasteiger charge is 2.24. The molecule has 0 spiro atoms. The van der Waals surface area contributed by atoms with E-state index in [0.717, 1.165) is 18.8 Å². The van der Waals surface area contributed by atoms with Crippen molar-refractivity contribution in [3.05, 3.63) is 0 Å². The molecule has 128 valence electrons. The Kier molecular flexibility index (Phi) is 8.42. The maximum atomic E-state index is 11.5. The number of likely N-dealkylation sites (tertiary alicyclic amines) is 1. The van der Waals surface area contributed by atoms with Crippen LogP contribution < -0.4 is 5.73 Å². The second-order valence-electron chi connectivity index (χ2n) is 6.31. The number of nitrogens with zero attached hydrogens (tertiary/aromatic N) is 2. The molecule has 1 aliphatic rings. The first kappa shape index (κ1) is 18.9. The molecule has 1 saturated heterocycles. The lowest BCUT2D eigenvalue weighted by atomic mass is 9.80. The molecule has 1 atom stereocenters. The van der Waals surface area contributed by atoms with Gasteiger partial charge in [-0.05, 0) is 57.7 Å². The van der Waals surface area contributed by atoms with Gasteiger partial charge in [-0.25, -0.2) is 5.06 Å². The first-order chi connectivity index (χ1) is 10.4. The van der Waals surface area contributed by atoms with Gasteiger partial charge in [0.1, 0.15) is 0 Å². The van der Waals surface area contributed by atoms with Crippen molar-refractivity contribution in [2.45, 2.75) is 46.0 Å². The summed E-state index contributed by atoms with van der Waals surface area (Å²) in [6.07, 6.45) is 5.70. The molecule has 1 heterocycles. The summed E-state index contributed by atoms with van der Waals surface area (Å²) in [7, 11) is 2.18. The van der Waals surface area contributed by atoms with Gasteiger partial charge in [0.25, 0.3) is 0 Å². The van der Waals surface area contributed by atoms with E-state index in [1.54, 1.807) is 0 Å². The molecule has 0 aromatic rings. The number of hydroxylamine groups is 2. The maximum Gasteiger partial charge on any atom is 0.246 e. The lowest BCUT2D eigenvalue weighted by Gasteiger charge is -2.34. The molecule has 0 aromatic heterocycles. The van der Waals surface area contributed by atoms with Crippen molar-refractivity contribution < 1.29 is 14.4 Å². The fraction of sp³-hybridized carbons (Fsp3) is 0.875. The third-order valence-corrected chi connectivity index (χ3v) is 4.60. The number of carbonyl (C=O) groups excluding carboxylic acids is 2. The molecule has 22 heavy (non-hydrogen) atoms. The van der Waals surface area contributed by atoms with Crippen molar-refractivity contribution in [2.75, 3.05) is 33.3 Å². The zero-order chi connectivity index (χ0) is 16.5. The number of nitrogens with two attached hydrogens (primary N) is 1. The van der Waals surface area contributed by atoms with Crippen LogP contribution >= 0.6 is 0 Å². The average Bonchev–Trinajstić information content (AvgIpc) is 2.47. The summed E-state index contributed by atoms with van der Waals surface area (Å²) in [5.74, 6) is 0.745. The normalized spacial score (nSPS) is 18.1. The summed E-state index contributed by atoms with van der Waals surface area (Å²) >= 11 is 0. The van der Waals surface area contributed by atoms with E-state index in [9.17, 15) is 9.59 Å². The second-order valence-corrected chi connectivity index (χ2v) is 6.31. The molecule has 1 rings (SSSR count). The van der Waals surface area contributed by atoms with Crippen LogP contribution in [-0.4, -0.2) is 55.1 Å². The maximum absolute atomic E-state index is 11.5. The number of carbonyl (C=O) groups is 2. The van der Waals surface area contributed by atoms with Crippen molar-refractivity contribution in [2.24, 2.45) is 17.6 Å². The molecule has 1 fully saturated rings. The summed E-state index contributed by atoms with van der Waals surface area (Å²) in [5, 5.41) is 1.26. The molecule has 0 aliphatic carbocycles. The third kappa shape index (κ3) is 6.75. The second kappa shape index (κ2) is 9.79. The molecular weight excluding hydrogens is 282 g/mol. The van der Waals surface area contributed by atoms with E-state index in [1.165, 1.54) is 44.3 Å². The van der Waals surface area contributed by atoms with Gasteiger partial charge >= 0.3 is 0 Å². The summed E-state index contributed by atoms with van der Waals surface area (Å²) in [4.78, 5) is 29.8. The number of amides is 2. The fourth-order valence-electron chi connectivity index (χ4n) is 3.22. The lowest BCUT2D eigenvalue weighted by molar-refractivity contribution is -0.186. The first-order valence-corrected chi connectivity index (χ1v) is 8.31. The quantitative estimate of drug-likeness (QED) is 0.653. The predicted octanol–water partition coefficient (Wildman–Crippen LogP) is 1.40. The van der Waals surface area contributed by atoms with Crippen molar-refractivity contribution in [3.63, 3.8) is 0 Å². The highest BCUT2D eigenvalue weighted by Crippen LogP contribution is 2.30. The van der Waals surface area contributed by atoms with E-state index >= 15 is 0 Å². The van der Waals surface area contributed by atoms with Gasteiger partial charge in [-0.1, -0.05) is 13.3 Å². The Morgan fingerprint density at radius 2 is 2.00 bits per heavy atom. The van der Waals surface area contributed by atoms with Gasteiger partial charge in [-0.2, -0.15) is 0 Å². The summed E-state index contributed by atoms with van der Waals surface area (Å²) in [5.41, 5.74) is 5.04. The highest BCUT2D eigenvalue weighted by atomic mass is 16.7. The molecule has 6 nitrogen and oxygen atoms in total. The van der Waals surface area contributed by atoms with Gasteiger partial charge in [-0.15, -0.1) is 0 Å². The van der Waals surface area contributed by atoms with Crippen LogP contribution in [0.1, 0.15) is 46.0 Å². The van der Waals surface area contributed by atoms with E-state index in [-0.39, 0.29) is 12.5 Å². The molecule has 2 N–H and O–H groups in total. The average molecular weight is 313 g/mol. The van der Waals surface area contributed by atoms with Gasteiger partial charge < -0.3 is 10.6 Å². The SMILES string of the molecule is CCC(CCCN(OCC(N)=O)C(C)=O)C1CCN(C)CC1. The molecule has 0 bridgehead atoms. The van der Waals surface area contributed by atoms with Gasteiger partial charge in [0.2, 0.25) is 11.8 Å². The number of piperidine rings is 1. The summed E-state index contributed by atoms with van der Waals surface area (Å²) in [6, 6.07) is 0. The Balaban J connectivity index is 2.34. The Labute approximate surface area is 133 Å². The molecular formula is C16H31N3O3. The predicted molar refractivity (Wildman–Crippen MR) is 85.8 cm³/mol. The molecule has 1 aliphatic heterocycles. The number of primary amides is 1. The summed E-state index contributed by atoms with van der Waals surface area (Å²) < 4.78 is 0. The topological polar surface area (TPSA) is 75.9 Å². The van der Waals surface area contributed by atoms with Gasteiger partial charge in [0, 0.05) is 13.5 Å². The minimum atomic E-state index is -0.566.